The van der Waals surface area contributed by atoms with E-state index in [0.29, 0.717) is 34.4 Å². The van der Waals surface area contributed by atoms with Gasteiger partial charge in [-0.2, -0.15) is 0 Å². The molecule has 4 aromatic rings. The van der Waals surface area contributed by atoms with Crippen molar-refractivity contribution in [2.45, 2.75) is 17.5 Å². The summed E-state index contributed by atoms with van der Waals surface area (Å²) in [6.45, 7) is 4.39. The second kappa shape index (κ2) is 10.5. The summed E-state index contributed by atoms with van der Waals surface area (Å²) < 4.78 is 15.3. The number of hydrogen-bond acceptors (Lipinski definition) is 4. The van der Waals surface area contributed by atoms with Gasteiger partial charge in [0.25, 0.3) is 5.91 Å². The predicted molar refractivity (Wildman–Crippen MR) is 131 cm³/mol. The number of carbonyl (C=O) groups is 1. The van der Waals surface area contributed by atoms with Crippen LogP contribution in [-0.4, -0.2) is 20.7 Å². The number of amides is 1. The lowest BCUT2D eigenvalue weighted by Crippen LogP contribution is -2.11. The predicted octanol–water partition coefficient (Wildman–Crippen LogP) is 6.47. The molecular weight excluding hydrogens is 459 g/mol. The van der Waals surface area contributed by atoms with Crippen molar-refractivity contribution >= 4 is 35.0 Å². The first-order valence-electron chi connectivity index (χ1n) is 10.1. The molecule has 1 N–H and O–H groups in total. The largest absolute Gasteiger partial charge is 0.322 e. The van der Waals surface area contributed by atoms with Gasteiger partial charge < -0.3 is 5.32 Å². The second-order valence-electron chi connectivity index (χ2n) is 7.14. The molecule has 0 aliphatic heterocycles. The Morgan fingerprint density at radius 3 is 2.61 bits per heavy atom. The van der Waals surface area contributed by atoms with E-state index in [1.807, 2.05) is 41.0 Å². The average Bonchev–Trinajstić information content (AvgIpc) is 3.21. The molecule has 0 spiro atoms. The highest BCUT2D eigenvalue weighted by molar-refractivity contribution is 7.98. The summed E-state index contributed by atoms with van der Waals surface area (Å²) in [6, 6.07) is 20.6. The third-order valence-electron chi connectivity index (χ3n) is 4.81. The number of allylic oxidation sites excluding steroid dienone is 1. The zero-order chi connectivity index (χ0) is 23.2. The Labute approximate surface area is 200 Å². The van der Waals surface area contributed by atoms with E-state index in [0.717, 1.165) is 16.3 Å². The Bertz CT molecular complexity index is 1290. The molecule has 1 heterocycles. The molecule has 33 heavy (non-hydrogen) atoms. The summed E-state index contributed by atoms with van der Waals surface area (Å²) in [4.78, 5) is 12.4. The van der Waals surface area contributed by atoms with Crippen molar-refractivity contribution in [2.75, 3.05) is 5.32 Å². The van der Waals surface area contributed by atoms with Crippen LogP contribution >= 0.6 is 23.4 Å². The van der Waals surface area contributed by atoms with Crippen LogP contribution in [0.15, 0.2) is 90.6 Å². The van der Waals surface area contributed by atoms with Gasteiger partial charge in [-0.3, -0.25) is 9.36 Å². The van der Waals surface area contributed by atoms with E-state index in [-0.39, 0.29) is 5.91 Å². The maximum Gasteiger partial charge on any atom is 0.255 e. The lowest BCUT2D eigenvalue weighted by atomic mass is 10.1. The van der Waals surface area contributed by atoms with Crippen LogP contribution in [0.3, 0.4) is 0 Å². The van der Waals surface area contributed by atoms with Crippen molar-refractivity contribution in [1.82, 2.24) is 14.8 Å². The highest BCUT2D eigenvalue weighted by Crippen LogP contribution is 2.30. The highest BCUT2D eigenvalue weighted by Gasteiger charge is 2.16. The van der Waals surface area contributed by atoms with Crippen LogP contribution in [0, 0.1) is 5.82 Å². The van der Waals surface area contributed by atoms with Gasteiger partial charge in [-0.15, -0.1) is 16.8 Å². The topological polar surface area (TPSA) is 59.8 Å². The van der Waals surface area contributed by atoms with Crippen LogP contribution in [0.25, 0.3) is 11.4 Å². The molecule has 3 aromatic carbocycles. The molecule has 1 aromatic heterocycles. The van der Waals surface area contributed by atoms with Gasteiger partial charge in [-0.1, -0.05) is 59.8 Å². The molecule has 166 valence electrons. The third kappa shape index (κ3) is 5.50. The first-order chi connectivity index (χ1) is 16.0. The van der Waals surface area contributed by atoms with Crippen molar-refractivity contribution in [1.29, 1.82) is 0 Å². The van der Waals surface area contributed by atoms with Gasteiger partial charge in [-0.25, -0.2) is 4.39 Å². The standard InChI is InChI=1S/C25H20ClFN4OS/c1-2-14-31-23(21-8-3-4-9-22(21)26)29-30-25(31)33-16-17-10-12-18(13-11-17)24(32)28-20-7-5-6-19(27)15-20/h2-13,15H,1,14,16H2,(H,28,32). The molecule has 0 fully saturated rings. The molecular formula is C25H20ClFN4OS. The fraction of sp³-hybridized carbons (Fsp3) is 0.0800. The molecule has 0 saturated carbocycles. The second-order valence-corrected chi connectivity index (χ2v) is 8.49. The number of hydrogen-bond donors (Lipinski definition) is 1. The number of nitrogens with zero attached hydrogens (tertiary/aromatic N) is 3. The number of thioether (sulfide) groups is 1. The molecule has 5 nitrogen and oxygen atoms in total. The minimum Gasteiger partial charge on any atom is -0.322 e. The number of carbonyl (C=O) groups excluding carboxylic acids is 1. The fourth-order valence-electron chi connectivity index (χ4n) is 3.20. The van der Waals surface area contributed by atoms with Crippen LogP contribution in [0.1, 0.15) is 15.9 Å². The summed E-state index contributed by atoms with van der Waals surface area (Å²) in [7, 11) is 0. The van der Waals surface area contributed by atoms with Gasteiger partial charge in [0, 0.05) is 29.1 Å². The zero-order valence-electron chi connectivity index (χ0n) is 17.5. The van der Waals surface area contributed by atoms with Crippen molar-refractivity contribution in [2.24, 2.45) is 0 Å². The van der Waals surface area contributed by atoms with Gasteiger partial charge in [0.2, 0.25) is 0 Å². The van der Waals surface area contributed by atoms with E-state index in [9.17, 15) is 9.18 Å². The van der Waals surface area contributed by atoms with Crippen molar-refractivity contribution in [3.05, 3.63) is 107 Å². The maximum atomic E-state index is 13.3. The Morgan fingerprint density at radius 1 is 1.09 bits per heavy atom. The number of nitrogens with one attached hydrogen (secondary N) is 1. The molecule has 4 rings (SSSR count). The monoisotopic (exact) mass is 478 g/mol. The summed E-state index contributed by atoms with van der Waals surface area (Å²) in [5.41, 5.74) is 2.74. The summed E-state index contributed by atoms with van der Waals surface area (Å²) in [6.07, 6.45) is 1.79. The fourth-order valence-corrected chi connectivity index (χ4v) is 4.32. The molecule has 8 heteroatoms. The van der Waals surface area contributed by atoms with Crippen LogP contribution in [0.4, 0.5) is 10.1 Å². The maximum absolute atomic E-state index is 13.3. The lowest BCUT2D eigenvalue weighted by molar-refractivity contribution is 0.102. The van der Waals surface area contributed by atoms with Crippen molar-refractivity contribution < 1.29 is 9.18 Å². The smallest absolute Gasteiger partial charge is 0.255 e. The minimum atomic E-state index is -0.401. The van der Waals surface area contributed by atoms with Crippen molar-refractivity contribution in [3.63, 3.8) is 0 Å². The summed E-state index contributed by atoms with van der Waals surface area (Å²) in [5, 5.41) is 12.7. The highest BCUT2D eigenvalue weighted by atomic mass is 35.5. The van der Waals surface area contributed by atoms with Crippen LogP contribution in [0.2, 0.25) is 5.02 Å². The first kappa shape index (κ1) is 22.8. The van der Waals surface area contributed by atoms with E-state index in [1.165, 1.54) is 23.9 Å². The van der Waals surface area contributed by atoms with Gasteiger partial charge in [0.1, 0.15) is 5.82 Å². The Hall–Kier alpha value is -3.42. The van der Waals surface area contributed by atoms with Gasteiger partial charge >= 0.3 is 0 Å². The van der Waals surface area contributed by atoms with Crippen LogP contribution < -0.4 is 5.32 Å². The van der Waals surface area contributed by atoms with E-state index >= 15 is 0 Å². The van der Waals surface area contributed by atoms with Crippen LogP contribution in [0.5, 0.6) is 0 Å². The molecule has 0 atom stereocenters. The third-order valence-corrected chi connectivity index (χ3v) is 6.18. The molecule has 0 bridgehead atoms. The quantitative estimate of drug-likeness (QED) is 0.233. The molecule has 0 aliphatic rings. The minimum absolute atomic E-state index is 0.296. The van der Waals surface area contributed by atoms with E-state index in [4.69, 9.17) is 11.6 Å². The Kier molecular flexibility index (Phi) is 7.22. The first-order valence-corrected chi connectivity index (χ1v) is 11.5. The molecule has 0 saturated heterocycles. The van der Waals surface area contributed by atoms with Gasteiger partial charge in [-0.05, 0) is 48.0 Å². The molecule has 1 amide bonds. The van der Waals surface area contributed by atoms with Crippen molar-refractivity contribution in [3.8, 4) is 11.4 Å². The van der Waals surface area contributed by atoms with E-state index in [1.54, 1.807) is 30.3 Å². The molecule has 0 unspecified atom stereocenters. The number of anilines is 1. The number of halogens is 2. The molecule has 0 aliphatic carbocycles. The summed E-state index contributed by atoms with van der Waals surface area (Å²) in [5.74, 6) is 0.633. The Balaban J connectivity index is 1.45. The summed E-state index contributed by atoms with van der Waals surface area (Å²) >= 11 is 7.88. The number of aromatic nitrogens is 3. The SMILES string of the molecule is C=CCn1c(SCc2ccc(C(=O)Nc3cccc(F)c3)cc2)nnc1-c1ccccc1Cl. The van der Waals surface area contributed by atoms with E-state index < -0.39 is 5.82 Å². The lowest BCUT2D eigenvalue weighted by Gasteiger charge is -2.09. The Morgan fingerprint density at radius 2 is 1.88 bits per heavy atom. The number of rotatable bonds is 8. The van der Waals surface area contributed by atoms with Crippen LogP contribution in [-0.2, 0) is 12.3 Å². The number of benzene rings is 3. The normalized spacial score (nSPS) is 10.7. The molecule has 0 radical (unpaired) electrons. The zero-order valence-corrected chi connectivity index (χ0v) is 19.1. The van der Waals surface area contributed by atoms with Gasteiger partial charge in [0.15, 0.2) is 11.0 Å². The average molecular weight is 479 g/mol. The van der Waals surface area contributed by atoms with Gasteiger partial charge in [0.05, 0.1) is 5.02 Å². The van der Waals surface area contributed by atoms with E-state index in [2.05, 4.69) is 22.1 Å².